The summed E-state index contributed by atoms with van der Waals surface area (Å²) in [5.74, 6) is -0.0163. The molecule has 1 amide bonds. The molecule has 2 aromatic rings. The number of nitrogens with zero attached hydrogens (tertiary/aromatic N) is 4. The molecule has 0 aromatic carbocycles. The lowest BCUT2D eigenvalue weighted by Gasteiger charge is -2.25. The minimum Gasteiger partial charge on any atom is -0.383 e. The van der Waals surface area contributed by atoms with Gasteiger partial charge in [-0.3, -0.25) is 9.48 Å². The van der Waals surface area contributed by atoms with Crippen LogP contribution in [0, 0.1) is 0 Å². The van der Waals surface area contributed by atoms with Crippen LogP contribution in [0.4, 0.5) is 0 Å². The zero-order chi connectivity index (χ0) is 18.8. The van der Waals surface area contributed by atoms with E-state index in [1.54, 1.807) is 16.7 Å². The minimum atomic E-state index is -0.109. The second kappa shape index (κ2) is 7.63. The Hall–Kier alpha value is -2.12. The van der Waals surface area contributed by atoms with Gasteiger partial charge in [-0.15, -0.1) is 0 Å². The molecule has 0 N–H and O–H groups in total. The molecule has 7 heteroatoms. The van der Waals surface area contributed by atoms with Crippen LogP contribution in [0.2, 0.25) is 0 Å². The molecule has 0 radical (unpaired) electrons. The van der Waals surface area contributed by atoms with Crippen molar-refractivity contribution in [3.05, 3.63) is 41.0 Å². The molecule has 3 rings (SSSR count). The zero-order valence-electron chi connectivity index (χ0n) is 16.2. The van der Waals surface area contributed by atoms with E-state index in [4.69, 9.17) is 9.47 Å². The minimum absolute atomic E-state index is 0.0163. The van der Waals surface area contributed by atoms with Crippen LogP contribution in [0.5, 0.6) is 0 Å². The summed E-state index contributed by atoms with van der Waals surface area (Å²) in [6.07, 6.45) is 2.65. The second-order valence-electron chi connectivity index (χ2n) is 6.99. The van der Waals surface area contributed by atoms with Crippen LogP contribution in [0.15, 0.2) is 18.3 Å². The highest BCUT2D eigenvalue weighted by molar-refractivity contribution is 5.94. The first-order valence-electron chi connectivity index (χ1n) is 9.02. The van der Waals surface area contributed by atoms with E-state index in [9.17, 15) is 4.79 Å². The van der Waals surface area contributed by atoms with E-state index in [0.717, 1.165) is 17.0 Å². The third-order valence-corrected chi connectivity index (χ3v) is 4.90. The van der Waals surface area contributed by atoms with Gasteiger partial charge in [-0.1, -0.05) is 0 Å². The summed E-state index contributed by atoms with van der Waals surface area (Å²) >= 11 is 0. The lowest BCUT2D eigenvalue weighted by atomic mass is 9.99. The highest BCUT2D eigenvalue weighted by Gasteiger charge is 2.33. The largest absolute Gasteiger partial charge is 0.383 e. The van der Waals surface area contributed by atoms with E-state index in [2.05, 4.69) is 5.10 Å². The van der Waals surface area contributed by atoms with Crippen molar-refractivity contribution in [2.24, 2.45) is 7.05 Å². The van der Waals surface area contributed by atoms with Gasteiger partial charge in [0.1, 0.15) is 5.69 Å². The predicted molar refractivity (Wildman–Crippen MR) is 98.0 cm³/mol. The number of methoxy groups -OCH3 is 1. The maximum Gasteiger partial charge on any atom is 0.272 e. The first-order chi connectivity index (χ1) is 12.4. The Bertz CT molecular complexity index is 780. The fraction of sp³-hybridized carbons (Fsp3) is 0.579. The van der Waals surface area contributed by atoms with Crippen LogP contribution in [0.3, 0.4) is 0 Å². The van der Waals surface area contributed by atoms with Crippen LogP contribution in [-0.2, 0) is 36.0 Å². The van der Waals surface area contributed by atoms with Crippen LogP contribution in [0.25, 0.3) is 0 Å². The molecular weight excluding hydrogens is 332 g/mol. The van der Waals surface area contributed by atoms with Gasteiger partial charge >= 0.3 is 0 Å². The SMILES string of the molecule is COCCn1nc2c(c1C(=O)N(C)Cc1cccn1C)C[C@H](C)O[C@@H]2C. The lowest BCUT2D eigenvalue weighted by Crippen LogP contribution is -2.31. The normalized spacial score (nSPS) is 19.4. The van der Waals surface area contributed by atoms with E-state index < -0.39 is 0 Å². The number of aromatic nitrogens is 3. The van der Waals surface area contributed by atoms with Gasteiger partial charge in [-0.05, 0) is 26.0 Å². The highest BCUT2D eigenvalue weighted by atomic mass is 16.5. The van der Waals surface area contributed by atoms with Crippen molar-refractivity contribution in [3.63, 3.8) is 0 Å². The molecule has 0 unspecified atom stereocenters. The molecule has 0 spiro atoms. The van der Waals surface area contributed by atoms with Gasteiger partial charge in [0.05, 0.1) is 37.6 Å². The van der Waals surface area contributed by atoms with Crippen molar-refractivity contribution in [2.75, 3.05) is 20.8 Å². The second-order valence-corrected chi connectivity index (χ2v) is 6.99. The number of hydrogen-bond acceptors (Lipinski definition) is 4. The molecule has 142 valence electrons. The Labute approximate surface area is 154 Å². The number of hydrogen-bond donors (Lipinski definition) is 0. The van der Waals surface area contributed by atoms with E-state index in [1.807, 2.05) is 50.8 Å². The maximum absolute atomic E-state index is 13.3. The third kappa shape index (κ3) is 3.54. The Kier molecular flexibility index (Phi) is 5.48. The van der Waals surface area contributed by atoms with E-state index in [1.165, 1.54) is 0 Å². The Morgan fingerprint density at radius 2 is 2.23 bits per heavy atom. The molecule has 0 saturated carbocycles. The van der Waals surface area contributed by atoms with Crippen molar-refractivity contribution < 1.29 is 14.3 Å². The Balaban J connectivity index is 1.93. The fourth-order valence-electron chi connectivity index (χ4n) is 3.53. The molecule has 0 saturated heterocycles. The van der Waals surface area contributed by atoms with Gasteiger partial charge in [0.2, 0.25) is 0 Å². The molecule has 3 heterocycles. The van der Waals surface area contributed by atoms with Crippen molar-refractivity contribution in [1.82, 2.24) is 19.2 Å². The van der Waals surface area contributed by atoms with Crippen LogP contribution < -0.4 is 0 Å². The molecule has 7 nitrogen and oxygen atoms in total. The first-order valence-corrected chi connectivity index (χ1v) is 9.02. The average molecular weight is 360 g/mol. The van der Waals surface area contributed by atoms with Gasteiger partial charge in [0.25, 0.3) is 5.91 Å². The average Bonchev–Trinajstić information content (AvgIpc) is 3.16. The van der Waals surface area contributed by atoms with Crippen LogP contribution in [-0.4, -0.2) is 52.0 Å². The molecule has 1 aliphatic rings. The number of fused-ring (bicyclic) bond motifs is 1. The standard InChI is InChI=1S/C19H28N4O3/c1-13-11-16-17(14(2)26-13)20-23(9-10-25-5)18(16)19(24)22(4)12-15-7-6-8-21(15)3/h6-8,13-14H,9-12H2,1-5H3/t13-,14+/m0/s1. The quantitative estimate of drug-likeness (QED) is 0.792. The smallest absolute Gasteiger partial charge is 0.272 e. The molecule has 0 bridgehead atoms. The van der Waals surface area contributed by atoms with Gasteiger partial charge in [0, 0.05) is 45.1 Å². The summed E-state index contributed by atoms with van der Waals surface area (Å²) in [6, 6.07) is 4.01. The topological polar surface area (TPSA) is 61.5 Å². The summed E-state index contributed by atoms with van der Waals surface area (Å²) in [5, 5.41) is 4.68. The van der Waals surface area contributed by atoms with Crippen molar-refractivity contribution >= 4 is 5.91 Å². The monoisotopic (exact) mass is 360 g/mol. The number of amides is 1. The molecule has 26 heavy (non-hydrogen) atoms. The number of aryl methyl sites for hydroxylation is 1. The summed E-state index contributed by atoms with van der Waals surface area (Å²) in [4.78, 5) is 15.0. The summed E-state index contributed by atoms with van der Waals surface area (Å²) < 4.78 is 14.9. The van der Waals surface area contributed by atoms with E-state index in [-0.39, 0.29) is 18.1 Å². The van der Waals surface area contributed by atoms with Crippen molar-refractivity contribution in [1.29, 1.82) is 0 Å². The maximum atomic E-state index is 13.3. The predicted octanol–water partition coefficient (Wildman–Crippen LogP) is 2.16. The Morgan fingerprint density at radius 3 is 2.88 bits per heavy atom. The molecule has 1 aliphatic heterocycles. The van der Waals surface area contributed by atoms with Gasteiger partial charge < -0.3 is 18.9 Å². The molecule has 2 atom stereocenters. The van der Waals surface area contributed by atoms with Crippen molar-refractivity contribution in [2.45, 2.75) is 45.6 Å². The first kappa shape index (κ1) is 18.7. The van der Waals surface area contributed by atoms with E-state index >= 15 is 0 Å². The highest BCUT2D eigenvalue weighted by Crippen LogP contribution is 2.32. The third-order valence-electron chi connectivity index (χ3n) is 4.90. The molecule has 0 aliphatic carbocycles. The number of carbonyl (C=O) groups excluding carboxylic acids is 1. The van der Waals surface area contributed by atoms with Crippen LogP contribution >= 0.6 is 0 Å². The summed E-state index contributed by atoms with van der Waals surface area (Å²) in [7, 11) is 5.47. The molecule has 0 fully saturated rings. The number of carbonyl (C=O) groups is 1. The zero-order valence-corrected chi connectivity index (χ0v) is 16.2. The van der Waals surface area contributed by atoms with E-state index in [0.29, 0.717) is 31.8 Å². The van der Waals surface area contributed by atoms with Crippen LogP contribution in [0.1, 0.15) is 47.4 Å². The molecular formula is C19H28N4O3. The number of ether oxygens (including phenoxy) is 2. The van der Waals surface area contributed by atoms with Gasteiger partial charge in [-0.2, -0.15) is 5.10 Å². The Morgan fingerprint density at radius 1 is 1.46 bits per heavy atom. The summed E-state index contributed by atoms with van der Waals surface area (Å²) in [6.45, 7) is 5.63. The fourth-order valence-corrected chi connectivity index (χ4v) is 3.53. The molecule has 2 aromatic heterocycles. The van der Waals surface area contributed by atoms with Gasteiger partial charge in [0.15, 0.2) is 0 Å². The summed E-state index contributed by atoms with van der Waals surface area (Å²) in [5.41, 5.74) is 3.63. The van der Waals surface area contributed by atoms with Crippen molar-refractivity contribution in [3.8, 4) is 0 Å². The lowest BCUT2D eigenvalue weighted by molar-refractivity contribution is -0.00720. The number of rotatable bonds is 6. The van der Waals surface area contributed by atoms with Gasteiger partial charge in [-0.25, -0.2) is 0 Å².